The highest BCUT2D eigenvalue weighted by Gasteiger charge is 2.06. The lowest BCUT2D eigenvalue weighted by atomic mass is 10.0. The van der Waals surface area contributed by atoms with Gasteiger partial charge in [0, 0.05) is 25.2 Å². The number of hydrogen-bond acceptors (Lipinski definition) is 4. The molecule has 2 aromatic rings. The monoisotopic (exact) mass is 304 g/mol. The third-order valence-corrected chi connectivity index (χ3v) is 4.10. The van der Waals surface area contributed by atoms with E-state index in [9.17, 15) is 4.79 Å². The molecule has 0 heterocycles. The average Bonchev–Trinajstić information content (AvgIpc) is 2.49. The molecule has 0 saturated carbocycles. The summed E-state index contributed by atoms with van der Waals surface area (Å²) in [4.78, 5) is 10.9. The molecule has 0 radical (unpaired) electrons. The highest BCUT2D eigenvalue weighted by Crippen LogP contribution is 2.28. The molecule has 0 aliphatic rings. The standard InChI is InChI=1S/C17H20O3S/c1-13(18)21-11-5-7-14-6-3-9-16-15(14)8-4-10-17(16)20-12-19-2/h3-4,6,8-10H,5,7,11-12H2,1-2H3. The SMILES string of the molecule is COCOc1cccc2c(CCCSC(C)=O)cccc12. The van der Waals surface area contributed by atoms with Gasteiger partial charge in [-0.1, -0.05) is 42.1 Å². The van der Waals surface area contributed by atoms with E-state index in [1.165, 1.54) is 22.7 Å². The van der Waals surface area contributed by atoms with Gasteiger partial charge in [-0.2, -0.15) is 0 Å². The van der Waals surface area contributed by atoms with Crippen molar-refractivity contribution in [2.45, 2.75) is 19.8 Å². The zero-order chi connectivity index (χ0) is 15.1. The Morgan fingerprint density at radius 1 is 1.14 bits per heavy atom. The maximum absolute atomic E-state index is 10.9. The van der Waals surface area contributed by atoms with Crippen LogP contribution in [0.1, 0.15) is 18.9 Å². The van der Waals surface area contributed by atoms with Crippen LogP contribution in [0.3, 0.4) is 0 Å². The summed E-state index contributed by atoms with van der Waals surface area (Å²) in [6, 6.07) is 12.3. The van der Waals surface area contributed by atoms with E-state index in [1.807, 2.05) is 12.1 Å². The minimum atomic E-state index is 0.183. The molecule has 112 valence electrons. The molecular formula is C17H20O3S. The molecular weight excluding hydrogens is 284 g/mol. The molecule has 0 fully saturated rings. The second-order valence-corrected chi connectivity index (χ2v) is 6.03. The van der Waals surface area contributed by atoms with Gasteiger partial charge in [0.15, 0.2) is 11.9 Å². The Kier molecular flexibility index (Phi) is 6.08. The molecule has 21 heavy (non-hydrogen) atoms. The highest BCUT2D eigenvalue weighted by atomic mass is 32.2. The molecule has 3 nitrogen and oxygen atoms in total. The van der Waals surface area contributed by atoms with E-state index in [0.717, 1.165) is 29.7 Å². The van der Waals surface area contributed by atoms with Crippen LogP contribution in [0.4, 0.5) is 0 Å². The van der Waals surface area contributed by atoms with E-state index < -0.39 is 0 Å². The number of methoxy groups -OCH3 is 1. The lowest BCUT2D eigenvalue weighted by molar-refractivity contribution is -0.109. The molecule has 0 bridgehead atoms. The molecule has 0 amide bonds. The first kappa shape index (κ1) is 15.9. The molecule has 0 N–H and O–H groups in total. The van der Waals surface area contributed by atoms with Gasteiger partial charge in [0.2, 0.25) is 0 Å². The van der Waals surface area contributed by atoms with Crippen LogP contribution in [-0.4, -0.2) is 24.8 Å². The Balaban J connectivity index is 2.15. The number of carbonyl (C=O) groups is 1. The Bertz CT molecular complexity index is 610. The van der Waals surface area contributed by atoms with Gasteiger partial charge in [0.05, 0.1) is 0 Å². The third-order valence-electron chi connectivity index (χ3n) is 3.20. The van der Waals surface area contributed by atoms with Crippen molar-refractivity contribution < 1.29 is 14.3 Å². The minimum Gasteiger partial charge on any atom is -0.467 e. The number of ether oxygens (including phenoxy) is 2. The molecule has 0 aliphatic heterocycles. The summed E-state index contributed by atoms with van der Waals surface area (Å²) < 4.78 is 10.6. The summed E-state index contributed by atoms with van der Waals surface area (Å²) in [5, 5.41) is 2.49. The third kappa shape index (κ3) is 4.48. The first-order chi connectivity index (χ1) is 10.2. The van der Waals surface area contributed by atoms with Gasteiger partial charge in [-0.3, -0.25) is 4.79 Å². The summed E-state index contributed by atoms with van der Waals surface area (Å²) >= 11 is 1.39. The van der Waals surface area contributed by atoms with Crippen molar-refractivity contribution >= 4 is 27.6 Å². The fourth-order valence-corrected chi connectivity index (χ4v) is 2.87. The minimum absolute atomic E-state index is 0.183. The lowest BCUT2D eigenvalue weighted by Crippen LogP contribution is -1.99. The Hall–Kier alpha value is -1.52. The Labute approximate surface area is 129 Å². The van der Waals surface area contributed by atoms with Crippen molar-refractivity contribution in [1.29, 1.82) is 0 Å². The van der Waals surface area contributed by atoms with Crippen LogP contribution in [0.5, 0.6) is 5.75 Å². The van der Waals surface area contributed by atoms with Crippen molar-refractivity contribution in [2.75, 3.05) is 19.7 Å². The number of aryl methyl sites for hydroxylation is 1. The number of benzene rings is 2. The van der Waals surface area contributed by atoms with Crippen LogP contribution in [0.15, 0.2) is 36.4 Å². The molecule has 2 rings (SSSR count). The first-order valence-electron chi connectivity index (χ1n) is 6.98. The summed E-state index contributed by atoms with van der Waals surface area (Å²) in [7, 11) is 1.61. The topological polar surface area (TPSA) is 35.5 Å². The van der Waals surface area contributed by atoms with E-state index in [1.54, 1.807) is 14.0 Å². The van der Waals surface area contributed by atoms with E-state index in [0.29, 0.717) is 0 Å². The Morgan fingerprint density at radius 3 is 2.67 bits per heavy atom. The van der Waals surface area contributed by atoms with Crippen LogP contribution in [0.2, 0.25) is 0 Å². The summed E-state index contributed by atoms with van der Waals surface area (Å²) in [6.07, 6.45) is 1.96. The number of hydrogen-bond donors (Lipinski definition) is 0. The summed E-state index contributed by atoms with van der Waals surface area (Å²) in [5.41, 5.74) is 1.29. The Morgan fingerprint density at radius 2 is 1.90 bits per heavy atom. The smallest absolute Gasteiger partial charge is 0.188 e. The van der Waals surface area contributed by atoms with Crippen molar-refractivity contribution in [3.05, 3.63) is 42.0 Å². The zero-order valence-electron chi connectivity index (χ0n) is 12.4. The largest absolute Gasteiger partial charge is 0.467 e. The molecule has 0 atom stereocenters. The van der Waals surface area contributed by atoms with Gasteiger partial charge in [-0.05, 0) is 29.9 Å². The number of rotatable bonds is 7. The lowest BCUT2D eigenvalue weighted by Gasteiger charge is -2.11. The van der Waals surface area contributed by atoms with Gasteiger partial charge < -0.3 is 9.47 Å². The van der Waals surface area contributed by atoms with Crippen LogP contribution < -0.4 is 4.74 Å². The maximum atomic E-state index is 10.9. The molecule has 2 aromatic carbocycles. The van der Waals surface area contributed by atoms with Crippen molar-refractivity contribution in [3.63, 3.8) is 0 Å². The van der Waals surface area contributed by atoms with E-state index >= 15 is 0 Å². The quantitative estimate of drug-likeness (QED) is 0.571. The van der Waals surface area contributed by atoms with Gasteiger partial charge >= 0.3 is 0 Å². The zero-order valence-corrected chi connectivity index (χ0v) is 13.2. The fraction of sp³-hybridized carbons (Fsp3) is 0.353. The van der Waals surface area contributed by atoms with Crippen molar-refractivity contribution in [3.8, 4) is 5.75 Å². The highest BCUT2D eigenvalue weighted by molar-refractivity contribution is 8.13. The molecule has 0 aliphatic carbocycles. The molecule has 4 heteroatoms. The summed E-state index contributed by atoms with van der Waals surface area (Å²) in [5.74, 6) is 1.71. The summed E-state index contributed by atoms with van der Waals surface area (Å²) in [6.45, 7) is 1.86. The molecule has 0 unspecified atom stereocenters. The van der Waals surface area contributed by atoms with Crippen LogP contribution >= 0.6 is 11.8 Å². The predicted octanol–water partition coefficient (Wildman–Crippen LogP) is 4.03. The predicted molar refractivity (Wildman–Crippen MR) is 87.9 cm³/mol. The normalized spacial score (nSPS) is 10.8. The van der Waals surface area contributed by atoms with Gasteiger partial charge in [0.1, 0.15) is 5.75 Å². The molecule has 0 saturated heterocycles. The number of fused-ring (bicyclic) bond motifs is 1. The van der Waals surface area contributed by atoms with Gasteiger partial charge in [-0.25, -0.2) is 0 Å². The fourth-order valence-electron chi connectivity index (χ4n) is 2.29. The van der Waals surface area contributed by atoms with Crippen molar-refractivity contribution in [1.82, 2.24) is 0 Å². The maximum Gasteiger partial charge on any atom is 0.188 e. The second kappa shape index (κ2) is 8.05. The van der Waals surface area contributed by atoms with E-state index in [2.05, 4.69) is 24.3 Å². The van der Waals surface area contributed by atoms with Crippen molar-refractivity contribution in [2.24, 2.45) is 0 Å². The van der Waals surface area contributed by atoms with Gasteiger partial charge in [-0.15, -0.1) is 0 Å². The molecule has 0 aromatic heterocycles. The molecule has 0 spiro atoms. The van der Waals surface area contributed by atoms with Crippen LogP contribution in [0.25, 0.3) is 10.8 Å². The second-order valence-electron chi connectivity index (χ2n) is 4.76. The van der Waals surface area contributed by atoms with E-state index in [4.69, 9.17) is 9.47 Å². The number of carbonyl (C=O) groups excluding carboxylic acids is 1. The average molecular weight is 304 g/mol. The first-order valence-corrected chi connectivity index (χ1v) is 7.96. The van der Waals surface area contributed by atoms with Gasteiger partial charge in [0.25, 0.3) is 0 Å². The van der Waals surface area contributed by atoms with Crippen LogP contribution in [0, 0.1) is 0 Å². The number of thioether (sulfide) groups is 1. The van der Waals surface area contributed by atoms with Crippen LogP contribution in [-0.2, 0) is 16.0 Å². The van der Waals surface area contributed by atoms with E-state index in [-0.39, 0.29) is 11.9 Å².